The van der Waals surface area contributed by atoms with Crippen molar-refractivity contribution < 1.29 is 13.9 Å². The second-order valence-corrected chi connectivity index (χ2v) is 2.92. The Morgan fingerprint density at radius 2 is 2.23 bits per heavy atom. The van der Waals surface area contributed by atoms with Gasteiger partial charge in [-0.3, -0.25) is 0 Å². The lowest BCUT2D eigenvalue weighted by Crippen LogP contribution is -1.82. The lowest BCUT2D eigenvalue weighted by atomic mass is 10.1. The number of aryl methyl sites for hydroxylation is 1. The third-order valence-corrected chi connectivity index (χ3v) is 2.15. The maximum absolute atomic E-state index is 13.3. The molecule has 0 spiro atoms. The summed E-state index contributed by atoms with van der Waals surface area (Å²) < 4.78 is 18.5. The average Bonchev–Trinajstić information content (AvgIpc) is 2.44. The van der Waals surface area contributed by atoms with Crippen LogP contribution in [-0.4, -0.2) is 5.11 Å². The molecule has 0 bridgehead atoms. The molecule has 2 aromatic rings. The first kappa shape index (κ1) is 8.26. The highest BCUT2D eigenvalue weighted by atomic mass is 19.1. The summed E-state index contributed by atoms with van der Waals surface area (Å²) in [5.74, 6) is 0.124. The van der Waals surface area contributed by atoms with Crippen LogP contribution >= 0.6 is 0 Å². The standard InChI is InChI=1S/C10H9FO2/c1-6-9(5-12)13-8-4-2-3-7(11)10(6)8/h2-4,12H,5H2,1H3. The molecule has 0 saturated carbocycles. The van der Waals surface area contributed by atoms with Crippen LogP contribution in [0.25, 0.3) is 11.0 Å². The summed E-state index contributed by atoms with van der Waals surface area (Å²) in [6.07, 6.45) is 0. The lowest BCUT2D eigenvalue weighted by molar-refractivity contribution is 0.250. The van der Waals surface area contributed by atoms with Gasteiger partial charge in [0.2, 0.25) is 0 Å². The van der Waals surface area contributed by atoms with Crippen molar-refractivity contribution in [3.05, 3.63) is 35.3 Å². The van der Waals surface area contributed by atoms with Gasteiger partial charge in [-0.1, -0.05) is 6.07 Å². The normalized spacial score (nSPS) is 11.0. The fraction of sp³-hybridized carbons (Fsp3) is 0.200. The van der Waals surface area contributed by atoms with Gasteiger partial charge in [0.1, 0.15) is 23.8 Å². The molecule has 3 heteroatoms. The Labute approximate surface area is 74.6 Å². The van der Waals surface area contributed by atoms with Gasteiger partial charge in [-0.15, -0.1) is 0 Å². The Kier molecular flexibility index (Phi) is 1.81. The van der Waals surface area contributed by atoms with Gasteiger partial charge in [-0.25, -0.2) is 4.39 Å². The van der Waals surface area contributed by atoms with Crippen LogP contribution in [0.15, 0.2) is 22.6 Å². The van der Waals surface area contributed by atoms with Crippen LogP contribution in [-0.2, 0) is 6.61 Å². The van der Waals surface area contributed by atoms with Gasteiger partial charge in [0, 0.05) is 5.56 Å². The summed E-state index contributed by atoms with van der Waals surface area (Å²) in [4.78, 5) is 0. The van der Waals surface area contributed by atoms with Gasteiger partial charge in [-0.2, -0.15) is 0 Å². The number of furan rings is 1. The molecule has 1 aromatic heterocycles. The Morgan fingerprint density at radius 1 is 1.46 bits per heavy atom. The minimum atomic E-state index is -0.307. The zero-order valence-corrected chi connectivity index (χ0v) is 7.17. The molecule has 0 atom stereocenters. The monoisotopic (exact) mass is 180 g/mol. The van der Waals surface area contributed by atoms with E-state index < -0.39 is 0 Å². The Balaban J connectivity index is 2.85. The van der Waals surface area contributed by atoms with E-state index in [0.717, 1.165) is 0 Å². The summed E-state index contributed by atoms with van der Waals surface area (Å²) >= 11 is 0. The average molecular weight is 180 g/mol. The van der Waals surface area contributed by atoms with Crippen LogP contribution in [0.3, 0.4) is 0 Å². The number of aliphatic hydroxyl groups excluding tert-OH is 1. The number of benzene rings is 1. The molecule has 1 heterocycles. The van der Waals surface area contributed by atoms with Crippen molar-refractivity contribution in [1.82, 2.24) is 0 Å². The number of aliphatic hydroxyl groups is 1. The van der Waals surface area contributed by atoms with Gasteiger partial charge in [0.05, 0.1) is 5.39 Å². The van der Waals surface area contributed by atoms with E-state index in [2.05, 4.69) is 0 Å². The van der Waals surface area contributed by atoms with E-state index in [1.165, 1.54) is 6.07 Å². The molecule has 0 aliphatic carbocycles. The molecule has 2 nitrogen and oxygen atoms in total. The largest absolute Gasteiger partial charge is 0.458 e. The van der Waals surface area contributed by atoms with Crippen molar-refractivity contribution >= 4 is 11.0 Å². The minimum absolute atomic E-state index is 0.194. The quantitative estimate of drug-likeness (QED) is 0.730. The van der Waals surface area contributed by atoms with Crippen LogP contribution in [0.2, 0.25) is 0 Å². The van der Waals surface area contributed by atoms with E-state index in [9.17, 15) is 4.39 Å². The molecule has 1 aromatic carbocycles. The van der Waals surface area contributed by atoms with Gasteiger partial charge in [0.15, 0.2) is 0 Å². The molecule has 0 fully saturated rings. The number of hydrogen-bond acceptors (Lipinski definition) is 2. The number of fused-ring (bicyclic) bond motifs is 1. The maximum atomic E-state index is 13.3. The molecule has 0 amide bonds. The van der Waals surface area contributed by atoms with Gasteiger partial charge in [0.25, 0.3) is 0 Å². The van der Waals surface area contributed by atoms with Crippen molar-refractivity contribution in [2.24, 2.45) is 0 Å². The van der Waals surface area contributed by atoms with Gasteiger partial charge < -0.3 is 9.52 Å². The molecule has 0 aliphatic rings. The predicted molar refractivity (Wildman–Crippen MR) is 46.8 cm³/mol. The van der Waals surface area contributed by atoms with Crippen molar-refractivity contribution in [2.45, 2.75) is 13.5 Å². The number of halogens is 1. The Bertz CT molecular complexity index is 445. The second kappa shape index (κ2) is 2.85. The van der Waals surface area contributed by atoms with Crippen LogP contribution in [0, 0.1) is 12.7 Å². The highest BCUT2D eigenvalue weighted by Crippen LogP contribution is 2.27. The fourth-order valence-corrected chi connectivity index (χ4v) is 1.45. The van der Waals surface area contributed by atoms with E-state index in [-0.39, 0.29) is 12.4 Å². The first-order valence-corrected chi connectivity index (χ1v) is 4.01. The third kappa shape index (κ3) is 1.12. The van der Waals surface area contributed by atoms with Crippen LogP contribution in [0.1, 0.15) is 11.3 Å². The lowest BCUT2D eigenvalue weighted by Gasteiger charge is -1.91. The molecule has 13 heavy (non-hydrogen) atoms. The SMILES string of the molecule is Cc1c(CO)oc2cccc(F)c12. The van der Waals surface area contributed by atoms with E-state index in [1.807, 2.05) is 0 Å². The molecule has 0 saturated heterocycles. The highest BCUT2D eigenvalue weighted by molar-refractivity contribution is 5.82. The maximum Gasteiger partial charge on any atom is 0.137 e. The van der Waals surface area contributed by atoms with Crippen molar-refractivity contribution in [1.29, 1.82) is 0 Å². The number of rotatable bonds is 1. The molecule has 2 rings (SSSR count). The topological polar surface area (TPSA) is 33.4 Å². The van der Waals surface area contributed by atoms with Gasteiger partial charge in [-0.05, 0) is 19.1 Å². The summed E-state index contributed by atoms with van der Waals surface area (Å²) in [6, 6.07) is 4.65. The van der Waals surface area contributed by atoms with E-state index in [1.54, 1.807) is 19.1 Å². The molecule has 1 N–H and O–H groups in total. The number of hydrogen-bond donors (Lipinski definition) is 1. The molecule has 0 radical (unpaired) electrons. The first-order valence-electron chi connectivity index (χ1n) is 4.01. The molecular weight excluding hydrogens is 171 g/mol. The molecule has 0 unspecified atom stereocenters. The van der Waals surface area contributed by atoms with Gasteiger partial charge >= 0.3 is 0 Å². The van der Waals surface area contributed by atoms with Crippen molar-refractivity contribution in [3.63, 3.8) is 0 Å². The van der Waals surface area contributed by atoms with Crippen LogP contribution in [0.5, 0.6) is 0 Å². The molecule has 0 aliphatic heterocycles. The zero-order valence-electron chi connectivity index (χ0n) is 7.17. The third-order valence-electron chi connectivity index (χ3n) is 2.15. The van der Waals surface area contributed by atoms with Crippen LogP contribution < -0.4 is 0 Å². The predicted octanol–water partition coefficient (Wildman–Crippen LogP) is 2.37. The summed E-state index contributed by atoms with van der Waals surface area (Å²) in [5, 5.41) is 9.36. The smallest absolute Gasteiger partial charge is 0.137 e. The zero-order chi connectivity index (χ0) is 9.42. The van der Waals surface area contributed by atoms with E-state index in [4.69, 9.17) is 9.52 Å². The van der Waals surface area contributed by atoms with Crippen molar-refractivity contribution in [2.75, 3.05) is 0 Å². The minimum Gasteiger partial charge on any atom is -0.458 e. The van der Waals surface area contributed by atoms with E-state index in [0.29, 0.717) is 22.3 Å². The van der Waals surface area contributed by atoms with E-state index >= 15 is 0 Å². The Hall–Kier alpha value is -1.35. The van der Waals surface area contributed by atoms with Crippen LogP contribution in [0.4, 0.5) is 4.39 Å². The highest BCUT2D eigenvalue weighted by Gasteiger charge is 2.12. The Morgan fingerprint density at radius 3 is 2.85 bits per heavy atom. The fourth-order valence-electron chi connectivity index (χ4n) is 1.45. The van der Waals surface area contributed by atoms with Crippen molar-refractivity contribution in [3.8, 4) is 0 Å². The molecular formula is C10H9FO2. The second-order valence-electron chi connectivity index (χ2n) is 2.92. The summed E-state index contributed by atoms with van der Waals surface area (Å²) in [5.41, 5.74) is 1.16. The molecule has 68 valence electrons. The summed E-state index contributed by atoms with van der Waals surface area (Å²) in [6.45, 7) is 1.54. The first-order chi connectivity index (χ1) is 6.24. The summed E-state index contributed by atoms with van der Waals surface area (Å²) in [7, 11) is 0.